The monoisotopic (exact) mass is 394 g/mol. The van der Waals surface area contributed by atoms with Gasteiger partial charge in [0.15, 0.2) is 0 Å². The Hall–Kier alpha value is -1.60. The van der Waals surface area contributed by atoms with Crippen molar-refractivity contribution in [2.75, 3.05) is 31.0 Å². The summed E-state index contributed by atoms with van der Waals surface area (Å²) in [5.41, 5.74) is 2.29. The number of hydrogen-bond acceptors (Lipinski definition) is 4. The van der Waals surface area contributed by atoms with Crippen LogP contribution in [0.3, 0.4) is 0 Å². The molecular weight excluding hydrogens is 372 g/mol. The first-order valence-corrected chi connectivity index (χ1v) is 10.7. The number of likely N-dealkylation sites (N-methyl/N-ethyl adjacent to an activating group) is 1. The van der Waals surface area contributed by atoms with E-state index in [0.717, 1.165) is 25.2 Å². The molecule has 2 aromatic rings. The van der Waals surface area contributed by atoms with Gasteiger partial charge in [0.05, 0.1) is 18.5 Å². The van der Waals surface area contributed by atoms with E-state index in [9.17, 15) is 8.42 Å². The summed E-state index contributed by atoms with van der Waals surface area (Å²) in [5.74, 6) is -0.0941. The van der Waals surface area contributed by atoms with Crippen molar-refractivity contribution >= 4 is 27.3 Å². The van der Waals surface area contributed by atoms with Crippen molar-refractivity contribution in [3.63, 3.8) is 0 Å². The molecule has 1 aliphatic heterocycles. The zero-order valence-corrected chi connectivity index (χ0v) is 16.3. The minimum atomic E-state index is -3.48. The molecule has 140 valence electrons. The van der Waals surface area contributed by atoms with Crippen molar-refractivity contribution in [1.29, 1.82) is 0 Å². The van der Waals surface area contributed by atoms with Gasteiger partial charge >= 0.3 is 0 Å². The highest BCUT2D eigenvalue weighted by atomic mass is 35.5. The van der Waals surface area contributed by atoms with E-state index in [1.165, 1.54) is 0 Å². The predicted octanol–water partition coefficient (Wildman–Crippen LogP) is 3.68. The molecule has 3 rings (SSSR count). The van der Waals surface area contributed by atoms with E-state index in [-0.39, 0.29) is 11.9 Å². The van der Waals surface area contributed by atoms with Crippen molar-refractivity contribution < 1.29 is 13.2 Å². The van der Waals surface area contributed by atoms with Crippen LogP contribution < -0.4 is 4.72 Å². The van der Waals surface area contributed by atoms with E-state index in [4.69, 9.17) is 16.3 Å². The Kier molecular flexibility index (Phi) is 6.19. The zero-order valence-electron chi connectivity index (χ0n) is 14.7. The third-order valence-corrected chi connectivity index (χ3v) is 5.94. The highest BCUT2D eigenvalue weighted by Gasteiger charge is 2.21. The molecule has 0 spiro atoms. The van der Waals surface area contributed by atoms with E-state index in [1.807, 2.05) is 12.1 Å². The Morgan fingerprint density at radius 2 is 1.85 bits per heavy atom. The Bertz CT molecular complexity index is 823. The van der Waals surface area contributed by atoms with E-state index in [1.54, 1.807) is 36.4 Å². The van der Waals surface area contributed by atoms with Gasteiger partial charge in [-0.15, -0.1) is 0 Å². The fourth-order valence-corrected chi connectivity index (χ4v) is 4.30. The van der Waals surface area contributed by atoms with Crippen molar-refractivity contribution in [3.8, 4) is 0 Å². The van der Waals surface area contributed by atoms with Gasteiger partial charge in [-0.05, 0) is 41.9 Å². The van der Waals surface area contributed by atoms with Gasteiger partial charge in [0, 0.05) is 23.8 Å². The van der Waals surface area contributed by atoms with Crippen molar-refractivity contribution in [2.45, 2.75) is 18.8 Å². The fourth-order valence-electron chi connectivity index (χ4n) is 2.97. The summed E-state index contributed by atoms with van der Waals surface area (Å²) >= 11 is 5.83. The Labute approximate surface area is 160 Å². The average Bonchev–Trinajstić information content (AvgIpc) is 2.64. The Morgan fingerprint density at radius 3 is 2.50 bits per heavy atom. The van der Waals surface area contributed by atoms with Crippen molar-refractivity contribution in [2.24, 2.45) is 0 Å². The molecule has 1 unspecified atom stereocenters. The number of halogens is 1. The fraction of sp³-hybridized carbons (Fsp3) is 0.368. The smallest absolute Gasteiger partial charge is 0.236 e. The second-order valence-electron chi connectivity index (χ2n) is 6.36. The van der Waals surface area contributed by atoms with Gasteiger partial charge in [0.2, 0.25) is 10.0 Å². The molecule has 0 amide bonds. The number of hydrogen-bond donors (Lipinski definition) is 1. The zero-order chi connectivity index (χ0) is 18.6. The van der Waals surface area contributed by atoms with Gasteiger partial charge in [0.25, 0.3) is 0 Å². The summed E-state index contributed by atoms with van der Waals surface area (Å²) in [6, 6.07) is 14.2. The minimum Gasteiger partial charge on any atom is -0.371 e. The first-order chi connectivity index (χ1) is 12.4. The van der Waals surface area contributed by atoms with E-state index < -0.39 is 10.0 Å². The van der Waals surface area contributed by atoms with Gasteiger partial charge in [0.1, 0.15) is 0 Å². The lowest BCUT2D eigenvalue weighted by molar-refractivity contribution is -0.0281. The lowest BCUT2D eigenvalue weighted by Gasteiger charge is -2.32. The van der Waals surface area contributed by atoms with Crippen LogP contribution in [0.15, 0.2) is 48.5 Å². The topological polar surface area (TPSA) is 58.6 Å². The van der Waals surface area contributed by atoms with Crippen LogP contribution in [0.5, 0.6) is 0 Å². The molecule has 0 aromatic heterocycles. The molecule has 7 heteroatoms. The van der Waals surface area contributed by atoms with Crippen LogP contribution in [0.4, 0.5) is 5.69 Å². The molecule has 5 nitrogen and oxygen atoms in total. The van der Waals surface area contributed by atoms with Crippen LogP contribution in [0.2, 0.25) is 5.02 Å². The van der Waals surface area contributed by atoms with Gasteiger partial charge in [-0.1, -0.05) is 42.8 Å². The number of benzene rings is 2. The summed E-state index contributed by atoms with van der Waals surface area (Å²) < 4.78 is 33.1. The molecule has 1 aliphatic rings. The molecule has 1 fully saturated rings. The lowest BCUT2D eigenvalue weighted by Crippen LogP contribution is -2.38. The SMILES string of the molecule is CCN1CCOC(c2ccc(NS(=O)(=O)Cc3ccc(Cl)cc3)cc2)C1. The maximum atomic E-state index is 12.3. The normalized spacial score (nSPS) is 18.6. The molecule has 26 heavy (non-hydrogen) atoms. The molecule has 0 aliphatic carbocycles. The van der Waals surface area contributed by atoms with Gasteiger partial charge < -0.3 is 4.74 Å². The average molecular weight is 395 g/mol. The molecule has 1 saturated heterocycles. The molecule has 2 aromatic carbocycles. The third kappa shape index (κ3) is 5.20. The summed E-state index contributed by atoms with van der Waals surface area (Å²) in [6.07, 6.45) is 0.0309. The third-order valence-electron chi connectivity index (χ3n) is 4.42. The van der Waals surface area contributed by atoms with E-state index in [2.05, 4.69) is 16.5 Å². The summed E-state index contributed by atoms with van der Waals surface area (Å²) in [6.45, 7) is 5.67. The number of nitrogens with one attached hydrogen (secondary N) is 1. The first kappa shape index (κ1) is 19.2. The Balaban J connectivity index is 1.63. The molecule has 0 bridgehead atoms. The van der Waals surface area contributed by atoms with Gasteiger partial charge in [-0.25, -0.2) is 8.42 Å². The number of rotatable bonds is 6. The summed E-state index contributed by atoms with van der Waals surface area (Å²) in [4.78, 5) is 2.34. The highest BCUT2D eigenvalue weighted by molar-refractivity contribution is 7.91. The van der Waals surface area contributed by atoms with Crippen molar-refractivity contribution in [3.05, 3.63) is 64.7 Å². The van der Waals surface area contributed by atoms with Crippen LogP contribution in [0.1, 0.15) is 24.2 Å². The first-order valence-electron chi connectivity index (χ1n) is 8.64. The number of anilines is 1. The largest absolute Gasteiger partial charge is 0.371 e. The molecule has 1 atom stereocenters. The van der Waals surface area contributed by atoms with Crippen LogP contribution in [-0.4, -0.2) is 39.6 Å². The number of ether oxygens (including phenoxy) is 1. The minimum absolute atomic E-state index is 0.0309. The van der Waals surface area contributed by atoms with Crippen LogP contribution in [-0.2, 0) is 20.5 Å². The van der Waals surface area contributed by atoms with Crippen LogP contribution in [0.25, 0.3) is 0 Å². The molecule has 0 saturated carbocycles. The molecular formula is C19H23ClN2O3S. The Morgan fingerprint density at radius 1 is 1.15 bits per heavy atom. The second kappa shape index (κ2) is 8.39. The number of morpholine rings is 1. The summed E-state index contributed by atoms with van der Waals surface area (Å²) in [7, 11) is -3.48. The second-order valence-corrected chi connectivity index (χ2v) is 8.52. The number of sulfonamides is 1. The maximum Gasteiger partial charge on any atom is 0.236 e. The highest BCUT2D eigenvalue weighted by Crippen LogP contribution is 2.24. The maximum absolute atomic E-state index is 12.3. The quantitative estimate of drug-likeness (QED) is 0.812. The molecule has 1 heterocycles. The predicted molar refractivity (Wildman–Crippen MR) is 105 cm³/mol. The van der Waals surface area contributed by atoms with Gasteiger partial charge in [-0.3, -0.25) is 9.62 Å². The van der Waals surface area contributed by atoms with Crippen LogP contribution >= 0.6 is 11.6 Å². The summed E-state index contributed by atoms with van der Waals surface area (Å²) in [5, 5.41) is 0.585. The van der Waals surface area contributed by atoms with E-state index in [0.29, 0.717) is 22.9 Å². The molecule has 1 N–H and O–H groups in total. The van der Waals surface area contributed by atoms with Crippen molar-refractivity contribution in [1.82, 2.24) is 4.90 Å². The standard InChI is InChI=1S/C19H23ClN2O3S/c1-2-22-11-12-25-19(13-22)16-5-9-18(10-6-16)21-26(23,24)14-15-3-7-17(20)8-4-15/h3-10,19,21H,2,11-14H2,1H3. The lowest BCUT2D eigenvalue weighted by atomic mass is 10.1. The van der Waals surface area contributed by atoms with Crippen LogP contribution in [0, 0.1) is 0 Å². The number of nitrogens with zero attached hydrogens (tertiary/aromatic N) is 1. The molecule has 0 radical (unpaired) electrons. The van der Waals surface area contributed by atoms with E-state index >= 15 is 0 Å². The van der Waals surface area contributed by atoms with Gasteiger partial charge in [-0.2, -0.15) is 0 Å².